The zero-order chi connectivity index (χ0) is 19.5. The van der Waals surface area contributed by atoms with Gasteiger partial charge in [0.05, 0.1) is 6.10 Å². The fourth-order valence-electron chi connectivity index (χ4n) is 3.19. The highest BCUT2D eigenvalue weighted by Crippen LogP contribution is 2.20. The first-order valence-corrected chi connectivity index (χ1v) is 9.97. The molecule has 1 saturated carbocycles. The van der Waals surface area contributed by atoms with E-state index in [1.54, 1.807) is 26.0 Å². The Morgan fingerprint density at radius 2 is 1.82 bits per heavy atom. The molecule has 158 valence electrons. The van der Waals surface area contributed by atoms with Gasteiger partial charge in [-0.2, -0.15) is 0 Å². The quantitative estimate of drug-likeness (QED) is 0.248. The Balaban J connectivity index is 0.00000392. The van der Waals surface area contributed by atoms with Gasteiger partial charge < -0.3 is 20.3 Å². The molecule has 0 aromatic heterocycles. The Morgan fingerprint density at radius 1 is 1.14 bits per heavy atom. The number of ether oxygens (including phenoxy) is 1. The lowest BCUT2D eigenvalue weighted by Gasteiger charge is -2.22. The molecule has 1 aromatic rings. The molecule has 1 aliphatic carbocycles. The Hall–Kier alpha value is -1.35. The number of hydrogen-bond acceptors (Lipinski definition) is 3. The van der Waals surface area contributed by atoms with Crippen molar-refractivity contribution in [2.24, 2.45) is 4.99 Å². The Labute approximate surface area is 186 Å². The van der Waals surface area contributed by atoms with Crippen molar-refractivity contribution in [3.8, 4) is 0 Å². The van der Waals surface area contributed by atoms with Crippen LogP contribution in [0.15, 0.2) is 29.3 Å². The van der Waals surface area contributed by atoms with E-state index in [1.165, 1.54) is 32.1 Å². The molecule has 0 bridgehead atoms. The summed E-state index contributed by atoms with van der Waals surface area (Å²) in [6.07, 6.45) is 7.86. The van der Waals surface area contributed by atoms with Crippen molar-refractivity contribution in [2.45, 2.75) is 51.2 Å². The normalized spacial score (nSPS) is 14.9. The largest absolute Gasteiger partial charge is 0.378 e. The molecule has 2 N–H and O–H groups in total. The van der Waals surface area contributed by atoms with E-state index in [2.05, 4.69) is 15.6 Å². The zero-order valence-electron chi connectivity index (χ0n) is 17.4. The number of amides is 1. The van der Waals surface area contributed by atoms with Crippen LogP contribution in [-0.4, -0.2) is 57.2 Å². The lowest BCUT2D eigenvalue weighted by atomic mass is 9.98. The maximum absolute atomic E-state index is 11.9. The minimum Gasteiger partial charge on any atom is -0.378 e. The van der Waals surface area contributed by atoms with Crippen molar-refractivity contribution < 1.29 is 9.53 Å². The maximum atomic E-state index is 11.9. The highest BCUT2D eigenvalue weighted by molar-refractivity contribution is 14.0. The summed E-state index contributed by atoms with van der Waals surface area (Å²) >= 11 is 0. The Morgan fingerprint density at radius 3 is 2.43 bits per heavy atom. The van der Waals surface area contributed by atoms with Crippen molar-refractivity contribution in [2.75, 3.05) is 34.3 Å². The third kappa shape index (κ3) is 8.77. The van der Waals surface area contributed by atoms with Gasteiger partial charge in [0.25, 0.3) is 5.91 Å². The highest BCUT2D eigenvalue weighted by Gasteiger charge is 2.13. The van der Waals surface area contributed by atoms with Crippen LogP contribution in [0.1, 0.15) is 54.4 Å². The third-order valence-electron chi connectivity index (χ3n) is 4.81. The minimum atomic E-state index is 0. The average molecular weight is 502 g/mol. The zero-order valence-corrected chi connectivity index (χ0v) is 19.7. The monoisotopic (exact) mass is 502 g/mol. The molecule has 1 amide bonds. The number of nitrogens with one attached hydrogen (secondary N) is 2. The van der Waals surface area contributed by atoms with E-state index in [1.807, 2.05) is 24.3 Å². The lowest BCUT2D eigenvalue weighted by molar-refractivity contribution is 0.0277. The molecule has 2 rings (SSSR count). The number of rotatable bonds is 8. The summed E-state index contributed by atoms with van der Waals surface area (Å²) in [5.41, 5.74) is 1.80. The van der Waals surface area contributed by atoms with Crippen molar-refractivity contribution in [1.29, 1.82) is 0 Å². The smallest absolute Gasteiger partial charge is 0.253 e. The molecular formula is C21H35IN4O2. The molecule has 7 heteroatoms. The SMILES string of the molecule is CN=C(NCCCOC1CCCCC1)NCc1ccc(C(=O)N(C)C)cc1.I. The topological polar surface area (TPSA) is 66.0 Å². The molecule has 1 aliphatic rings. The predicted molar refractivity (Wildman–Crippen MR) is 126 cm³/mol. The standard InChI is InChI=1S/C21H34N4O2.HI/c1-22-21(23-14-7-15-27-19-8-5-4-6-9-19)24-16-17-10-12-18(13-11-17)20(26)25(2)3;/h10-13,19H,4-9,14-16H2,1-3H3,(H2,22,23,24);1H. The van der Waals surface area contributed by atoms with E-state index >= 15 is 0 Å². The highest BCUT2D eigenvalue weighted by atomic mass is 127. The lowest BCUT2D eigenvalue weighted by Crippen LogP contribution is -2.37. The van der Waals surface area contributed by atoms with Gasteiger partial charge in [0, 0.05) is 46.4 Å². The van der Waals surface area contributed by atoms with Crippen molar-refractivity contribution >= 4 is 35.8 Å². The number of halogens is 1. The molecule has 0 spiro atoms. The molecule has 0 unspecified atom stereocenters. The van der Waals surface area contributed by atoms with Crippen molar-refractivity contribution in [3.05, 3.63) is 35.4 Å². The van der Waals surface area contributed by atoms with Gasteiger partial charge in [-0.15, -0.1) is 24.0 Å². The summed E-state index contributed by atoms with van der Waals surface area (Å²) in [5, 5.41) is 6.62. The van der Waals surface area contributed by atoms with E-state index in [9.17, 15) is 4.79 Å². The second-order valence-electron chi connectivity index (χ2n) is 7.23. The Kier molecular flexibility index (Phi) is 12.1. The van der Waals surface area contributed by atoms with Crippen LogP contribution in [0.5, 0.6) is 0 Å². The van der Waals surface area contributed by atoms with Crippen LogP contribution in [0.25, 0.3) is 0 Å². The van der Waals surface area contributed by atoms with Gasteiger partial charge in [-0.25, -0.2) is 0 Å². The minimum absolute atomic E-state index is 0. The van der Waals surface area contributed by atoms with Crippen LogP contribution in [0, 0.1) is 0 Å². The van der Waals surface area contributed by atoms with Crippen LogP contribution in [0.2, 0.25) is 0 Å². The first-order chi connectivity index (χ1) is 13.1. The summed E-state index contributed by atoms with van der Waals surface area (Å²) in [4.78, 5) is 17.7. The molecule has 0 aliphatic heterocycles. The van der Waals surface area contributed by atoms with E-state index in [-0.39, 0.29) is 29.9 Å². The summed E-state index contributed by atoms with van der Waals surface area (Å²) in [6, 6.07) is 7.65. The van der Waals surface area contributed by atoms with Gasteiger partial charge in [0.15, 0.2) is 5.96 Å². The number of nitrogens with zero attached hydrogens (tertiary/aromatic N) is 2. The first-order valence-electron chi connectivity index (χ1n) is 9.97. The van der Waals surface area contributed by atoms with Gasteiger partial charge >= 0.3 is 0 Å². The van der Waals surface area contributed by atoms with Gasteiger partial charge in [0.1, 0.15) is 0 Å². The molecule has 0 heterocycles. The number of carbonyl (C=O) groups is 1. The van der Waals surface area contributed by atoms with Gasteiger partial charge in [-0.05, 0) is 37.0 Å². The third-order valence-corrected chi connectivity index (χ3v) is 4.81. The van der Waals surface area contributed by atoms with Crippen LogP contribution < -0.4 is 10.6 Å². The molecule has 1 aromatic carbocycles. The molecule has 1 fully saturated rings. The number of guanidine groups is 1. The Bertz CT molecular complexity index is 599. The molecule has 6 nitrogen and oxygen atoms in total. The van der Waals surface area contributed by atoms with Gasteiger partial charge in [-0.3, -0.25) is 9.79 Å². The molecule has 0 saturated heterocycles. The number of benzene rings is 1. The van der Waals surface area contributed by atoms with Gasteiger partial charge in [0.2, 0.25) is 0 Å². The summed E-state index contributed by atoms with van der Waals surface area (Å²) in [7, 11) is 5.29. The van der Waals surface area contributed by atoms with E-state index in [0.717, 1.165) is 31.1 Å². The van der Waals surface area contributed by atoms with E-state index < -0.39 is 0 Å². The van der Waals surface area contributed by atoms with E-state index in [4.69, 9.17) is 4.74 Å². The molecule has 0 atom stereocenters. The van der Waals surface area contributed by atoms with Crippen molar-refractivity contribution in [1.82, 2.24) is 15.5 Å². The van der Waals surface area contributed by atoms with Crippen LogP contribution in [0.4, 0.5) is 0 Å². The van der Waals surface area contributed by atoms with Crippen molar-refractivity contribution in [3.63, 3.8) is 0 Å². The van der Waals surface area contributed by atoms with E-state index in [0.29, 0.717) is 18.2 Å². The molecular weight excluding hydrogens is 467 g/mol. The molecule has 28 heavy (non-hydrogen) atoms. The average Bonchev–Trinajstić information content (AvgIpc) is 2.70. The van der Waals surface area contributed by atoms with Crippen LogP contribution in [-0.2, 0) is 11.3 Å². The summed E-state index contributed by atoms with van der Waals surface area (Å²) < 4.78 is 5.94. The van der Waals surface area contributed by atoms with Gasteiger partial charge in [-0.1, -0.05) is 31.4 Å². The fourth-order valence-corrected chi connectivity index (χ4v) is 3.19. The number of aliphatic imine (C=N–C) groups is 1. The van der Waals surface area contributed by atoms with Crippen LogP contribution >= 0.6 is 24.0 Å². The second kappa shape index (κ2) is 13.8. The second-order valence-corrected chi connectivity index (χ2v) is 7.23. The summed E-state index contributed by atoms with van der Waals surface area (Å²) in [6.45, 7) is 2.30. The number of carbonyl (C=O) groups excluding carboxylic acids is 1. The summed E-state index contributed by atoms with van der Waals surface area (Å²) in [5.74, 6) is 0.795. The number of hydrogen-bond donors (Lipinski definition) is 2. The first kappa shape index (κ1) is 24.7. The van der Waals surface area contributed by atoms with Crippen LogP contribution in [0.3, 0.4) is 0 Å². The predicted octanol–water partition coefficient (Wildman–Crippen LogP) is 3.41. The maximum Gasteiger partial charge on any atom is 0.253 e. The fraction of sp³-hybridized carbons (Fsp3) is 0.619. The molecule has 0 radical (unpaired) electrons.